The Morgan fingerprint density at radius 1 is 1.15 bits per heavy atom. The Kier molecular flexibility index (Phi) is 8.99. The Balaban J connectivity index is 1.75. The third-order valence-corrected chi connectivity index (χ3v) is 6.29. The number of nitrogens with one attached hydrogen (secondary N) is 1. The maximum absolute atomic E-state index is 12.8. The van der Waals surface area contributed by atoms with Crippen LogP contribution in [0.15, 0.2) is 0 Å². The van der Waals surface area contributed by atoms with Crippen molar-refractivity contribution >= 4 is 11.8 Å². The summed E-state index contributed by atoms with van der Waals surface area (Å²) in [6.45, 7) is 6.72. The van der Waals surface area contributed by atoms with Crippen molar-refractivity contribution in [2.45, 2.75) is 57.9 Å². The number of ether oxygens (including phenoxy) is 1. The van der Waals surface area contributed by atoms with Gasteiger partial charge in [0.2, 0.25) is 11.8 Å². The van der Waals surface area contributed by atoms with Gasteiger partial charge in [-0.15, -0.1) is 0 Å². The van der Waals surface area contributed by atoms with Crippen LogP contribution in [-0.4, -0.2) is 80.6 Å². The predicted molar refractivity (Wildman–Crippen MR) is 106 cm³/mol. The molecule has 7 heteroatoms. The number of piperazine rings is 1. The fourth-order valence-corrected chi connectivity index (χ4v) is 4.29. The zero-order valence-electron chi connectivity index (χ0n) is 17.2. The molecule has 0 aromatic carbocycles. The number of methoxy groups -OCH3 is 1. The largest absolute Gasteiger partial charge is 0.385 e. The molecule has 1 aliphatic carbocycles. The summed E-state index contributed by atoms with van der Waals surface area (Å²) in [4.78, 5) is 29.2. The van der Waals surface area contributed by atoms with E-state index in [1.807, 2.05) is 11.8 Å². The molecule has 0 bridgehead atoms. The van der Waals surface area contributed by atoms with E-state index in [1.54, 1.807) is 7.11 Å². The Labute approximate surface area is 164 Å². The van der Waals surface area contributed by atoms with Crippen LogP contribution in [0.5, 0.6) is 0 Å². The first-order chi connectivity index (χ1) is 13.0. The first kappa shape index (κ1) is 22.1. The van der Waals surface area contributed by atoms with Gasteiger partial charge in [0.25, 0.3) is 0 Å². The zero-order chi connectivity index (χ0) is 19.7. The highest BCUT2D eigenvalue weighted by Gasteiger charge is 2.35. The van der Waals surface area contributed by atoms with Gasteiger partial charge in [-0.1, -0.05) is 19.3 Å². The van der Waals surface area contributed by atoms with E-state index in [4.69, 9.17) is 10.5 Å². The maximum atomic E-state index is 12.8. The minimum absolute atomic E-state index is 0.0157. The molecule has 2 fully saturated rings. The predicted octanol–water partition coefficient (Wildman–Crippen LogP) is 0.971. The van der Waals surface area contributed by atoms with Crippen LogP contribution in [0.2, 0.25) is 0 Å². The van der Waals surface area contributed by atoms with E-state index >= 15 is 0 Å². The van der Waals surface area contributed by atoms with Gasteiger partial charge < -0.3 is 20.7 Å². The summed E-state index contributed by atoms with van der Waals surface area (Å²) in [6, 6.07) is -0.168. The molecule has 156 valence electrons. The lowest BCUT2D eigenvalue weighted by molar-refractivity contribution is -0.137. The lowest BCUT2D eigenvalue weighted by Crippen LogP contribution is -2.55. The molecule has 3 N–H and O–H groups in total. The first-order valence-corrected chi connectivity index (χ1v) is 10.5. The van der Waals surface area contributed by atoms with Gasteiger partial charge in [0.1, 0.15) is 0 Å². The highest BCUT2D eigenvalue weighted by Crippen LogP contribution is 2.38. The number of nitrogens with zero attached hydrogens (tertiary/aromatic N) is 2. The van der Waals surface area contributed by atoms with Crippen molar-refractivity contribution in [2.75, 3.05) is 53.0 Å². The van der Waals surface area contributed by atoms with Crippen LogP contribution in [-0.2, 0) is 14.3 Å². The second kappa shape index (κ2) is 11.0. The van der Waals surface area contributed by atoms with Gasteiger partial charge in [-0.2, -0.15) is 0 Å². The Bertz CT molecular complexity index is 472. The van der Waals surface area contributed by atoms with Crippen LogP contribution in [0, 0.1) is 5.41 Å². The molecule has 2 aliphatic rings. The lowest BCUT2D eigenvalue weighted by atomic mass is 9.71. The molecule has 1 saturated carbocycles. The van der Waals surface area contributed by atoms with Crippen molar-refractivity contribution in [3.05, 3.63) is 0 Å². The number of amides is 2. The molecule has 1 heterocycles. The van der Waals surface area contributed by atoms with Crippen molar-refractivity contribution in [1.82, 2.24) is 15.1 Å². The molecule has 2 amide bonds. The standard InChI is InChI=1S/C20H38N4O3/c1-17(19(26)22-9-6-14-27-2)23-10-12-24(13-11-23)18(25)15-20(16-21)7-4-3-5-8-20/h17H,3-16,21H2,1-2H3,(H,22,26). The van der Waals surface area contributed by atoms with Crippen LogP contribution in [0.4, 0.5) is 0 Å². The van der Waals surface area contributed by atoms with Gasteiger partial charge in [-0.3, -0.25) is 14.5 Å². The molecule has 1 atom stereocenters. The van der Waals surface area contributed by atoms with Crippen molar-refractivity contribution < 1.29 is 14.3 Å². The minimum Gasteiger partial charge on any atom is -0.385 e. The zero-order valence-corrected chi connectivity index (χ0v) is 17.2. The van der Waals surface area contributed by atoms with Crippen LogP contribution in [0.1, 0.15) is 51.9 Å². The average Bonchev–Trinajstić information content (AvgIpc) is 2.71. The lowest BCUT2D eigenvalue weighted by Gasteiger charge is -2.40. The van der Waals surface area contributed by atoms with E-state index in [2.05, 4.69) is 10.2 Å². The topological polar surface area (TPSA) is 87.9 Å². The van der Waals surface area contributed by atoms with Gasteiger partial charge in [0.05, 0.1) is 6.04 Å². The molecule has 1 unspecified atom stereocenters. The van der Waals surface area contributed by atoms with E-state index in [9.17, 15) is 9.59 Å². The molecule has 1 aliphatic heterocycles. The van der Waals surface area contributed by atoms with Crippen LogP contribution in [0.25, 0.3) is 0 Å². The maximum Gasteiger partial charge on any atom is 0.237 e. The van der Waals surface area contributed by atoms with Crippen LogP contribution < -0.4 is 11.1 Å². The van der Waals surface area contributed by atoms with Crippen molar-refractivity contribution in [3.63, 3.8) is 0 Å². The minimum atomic E-state index is -0.168. The van der Waals surface area contributed by atoms with Crippen LogP contribution >= 0.6 is 0 Å². The SMILES string of the molecule is COCCCNC(=O)C(C)N1CCN(C(=O)CC2(CN)CCCCC2)CC1. The third kappa shape index (κ3) is 6.43. The summed E-state index contributed by atoms with van der Waals surface area (Å²) in [7, 11) is 1.66. The van der Waals surface area contributed by atoms with Crippen LogP contribution in [0.3, 0.4) is 0 Å². The summed E-state index contributed by atoms with van der Waals surface area (Å²) in [5.74, 6) is 0.286. The summed E-state index contributed by atoms with van der Waals surface area (Å²) in [6.07, 6.45) is 7.20. The number of carbonyl (C=O) groups excluding carboxylic acids is 2. The van der Waals surface area contributed by atoms with Gasteiger partial charge in [-0.25, -0.2) is 0 Å². The molecule has 0 radical (unpaired) electrons. The molecule has 0 spiro atoms. The Hall–Kier alpha value is -1.18. The summed E-state index contributed by atoms with van der Waals surface area (Å²) in [5.41, 5.74) is 6.05. The van der Waals surface area contributed by atoms with Gasteiger partial charge in [0, 0.05) is 52.9 Å². The molecule has 0 aromatic rings. The fourth-order valence-electron chi connectivity index (χ4n) is 4.29. The number of rotatable bonds is 9. The molecule has 7 nitrogen and oxygen atoms in total. The van der Waals surface area contributed by atoms with Crippen molar-refractivity contribution in [1.29, 1.82) is 0 Å². The number of hydrogen-bond donors (Lipinski definition) is 2. The van der Waals surface area contributed by atoms with E-state index < -0.39 is 0 Å². The first-order valence-electron chi connectivity index (χ1n) is 10.5. The normalized spacial score (nSPS) is 21.7. The molecule has 0 aromatic heterocycles. The summed E-state index contributed by atoms with van der Waals surface area (Å²) < 4.78 is 5.00. The average molecular weight is 383 g/mol. The summed E-state index contributed by atoms with van der Waals surface area (Å²) in [5, 5.41) is 2.96. The van der Waals surface area contributed by atoms with Crippen molar-refractivity contribution in [3.8, 4) is 0 Å². The van der Waals surface area contributed by atoms with Gasteiger partial charge >= 0.3 is 0 Å². The van der Waals surface area contributed by atoms with Gasteiger partial charge in [-0.05, 0) is 38.1 Å². The summed E-state index contributed by atoms with van der Waals surface area (Å²) >= 11 is 0. The Morgan fingerprint density at radius 3 is 2.41 bits per heavy atom. The van der Waals surface area contributed by atoms with E-state index in [0.29, 0.717) is 39.2 Å². The molecule has 2 rings (SSSR count). The number of hydrogen-bond acceptors (Lipinski definition) is 5. The third-order valence-electron chi connectivity index (χ3n) is 6.29. The fraction of sp³-hybridized carbons (Fsp3) is 0.900. The highest BCUT2D eigenvalue weighted by atomic mass is 16.5. The van der Waals surface area contributed by atoms with E-state index in [1.165, 1.54) is 19.3 Å². The van der Waals surface area contributed by atoms with Crippen molar-refractivity contribution in [2.24, 2.45) is 11.1 Å². The smallest absolute Gasteiger partial charge is 0.237 e. The highest BCUT2D eigenvalue weighted by molar-refractivity contribution is 5.81. The number of nitrogens with two attached hydrogens (primary N) is 1. The molecular formula is C20H38N4O3. The second-order valence-corrected chi connectivity index (χ2v) is 8.17. The monoisotopic (exact) mass is 382 g/mol. The molecule has 1 saturated heterocycles. The second-order valence-electron chi connectivity index (χ2n) is 8.17. The number of carbonyl (C=O) groups is 2. The molecule has 27 heavy (non-hydrogen) atoms. The Morgan fingerprint density at radius 2 is 1.81 bits per heavy atom. The van der Waals surface area contributed by atoms with Gasteiger partial charge in [0.15, 0.2) is 0 Å². The van der Waals surface area contributed by atoms with E-state index in [-0.39, 0.29) is 23.3 Å². The van der Waals surface area contributed by atoms with E-state index in [0.717, 1.165) is 32.4 Å². The quantitative estimate of drug-likeness (QED) is 0.580. The molecular weight excluding hydrogens is 344 g/mol.